The molecule has 0 aliphatic heterocycles. The highest BCUT2D eigenvalue weighted by atomic mass is 35.5. The highest BCUT2D eigenvalue weighted by Crippen LogP contribution is 2.42. The van der Waals surface area contributed by atoms with Crippen molar-refractivity contribution in [1.82, 2.24) is 0 Å². The van der Waals surface area contributed by atoms with Gasteiger partial charge in [-0.1, -0.05) is 60.3 Å². The third-order valence-corrected chi connectivity index (χ3v) is 5.03. The monoisotopic (exact) mass is 442 g/mol. The van der Waals surface area contributed by atoms with E-state index in [-0.39, 0.29) is 44.7 Å². The van der Waals surface area contributed by atoms with Crippen molar-refractivity contribution >= 4 is 58.3 Å². The van der Waals surface area contributed by atoms with Crippen LogP contribution >= 0.6 is 46.4 Å². The molecule has 0 spiro atoms. The molecule has 0 aliphatic carbocycles. The molecule has 0 N–H and O–H groups in total. The van der Waals surface area contributed by atoms with E-state index in [0.717, 1.165) is 12.8 Å². The van der Waals surface area contributed by atoms with E-state index >= 15 is 0 Å². The van der Waals surface area contributed by atoms with Crippen molar-refractivity contribution in [2.24, 2.45) is 5.92 Å². The van der Waals surface area contributed by atoms with E-state index in [4.69, 9.17) is 55.9 Å². The predicted octanol–water partition coefficient (Wildman–Crippen LogP) is 6.75. The number of esters is 2. The van der Waals surface area contributed by atoms with Crippen LogP contribution in [-0.4, -0.2) is 18.5 Å². The summed E-state index contributed by atoms with van der Waals surface area (Å²) in [5.74, 6) is -0.247. The van der Waals surface area contributed by atoms with Crippen molar-refractivity contribution in [3.63, 3.8) is 0 Å². The summed E-state index contributed by atoms with van der Waals surface area (Å²) in [7, 11) is 0. The Balaban J connectivity index is 2.31. The minimum absolute atomic E-state index is 0.0272. The standard InChI is InChI=1S/C18H22Cl4O4/c1-11(2)6-5-9-25-14(23)7-3-4-8-15(24)26-18-16(21)12(19)10-13(20)17(18)22/h10-11H,3-9H2,1-2H3. The van der Waals surface area contributed by atoms with Gasteiger partial charge in [-0.15, -0.1) is 0 Å². The van der Waals surface area contributed by atoms with Crippen molar-refractivity contribution in [1.29, 1.82) is 0 Å². The maximum Gasteiger partial charge on any atom is 0.311 e. The Kier molecular flexibility index (Phi) is 10.7. The lowest BCUT2D eigenvalue weighted by molar-refractivity contribution is -0.144. The number of benzene rings is 1. The number of carbonyl (C=O) groups is 2. The summed E-state index contributed by atoms with van der Waals surface area (Å²) in [5, 5.41) is 0.340. The first kappa shape index (κ1) is 23.4. The van der Waals surface area contributed by atoms with Gasteiger partial charge >= 0.3 is 11.9 Å². The Morgan fingerprint density at radius 1 is 0.923 bits per heavy atom. The van der Waals surface area contributed by atoms with Crippen LogP contribution < -0.4 is 4.74 Å². The number of ether oxygens (including phenoxy) is 2. The van der Waals surface area contributed by atoms with E-state index in [1.165, 1.54) is 6.07 Å². The van der Waals surface area contributed by atoms with Gasteiger partial charge in [0.1, 0.15) is 10.0 Å². The maximum atomic E-state index is 11.9. The topological polar surface area (TPSA) is 52.6 Å². The molecule has 0 bridgehead atoms. The van der Waals surface area contributed by atoms with Crippen molar-refractivity contribution in [3.8, 4) is 5.75 Å². The molecule has 1 rings (SSSR count). The molecule has 0 amide bonds. The van der Waals surface area contributed by atoms with Gasteiger partial charge in [-0.3, -0.25) is 9.59 Å². The van der Waals surface area contributed by atoms with Crippen LogP contribution in [0.15, 0.2) is 6.07 Å². The molecule has 1 aromatic rings. The van der Waals surface area contributed by atoms with Crippen LogP contribution in [-0.2, 0) is 14.3 Å². The van der Waals surface area contributed by atoms with Gasteiger partial charge in [0, 0.05) is 12.8 Å². The summed E-state index contributed by atoms with van der Waals surface area (Å²) in [6.45, 7) is 4.68. The molecule has 0 fully saturated rings. The molecule has 0 saturated carbocycles. The summed E-state index contributed by atoms with van der Waals surface area (Å²) in [6, 6.07) is 1.37. The third kappa shape index (κ3) is 8.34. The lowest BCUT2D eigenvalue weighted by Crippen LogP contribution is -2.10. The number of rotatable bonds is 10. The van der Waals surface area contributed by atoms with E-state index in [9.17, 15) is 9.59 Å². The fourth-order valence-corrected chi connectivity index (χ4v) is 2.96. The van der Waals surface area contributed by atoms with E-state index < -0.39 is 5.97 Å². The smallest absolute Gasteiger partial charge is 0.311 e. The van der Waals surface area contributed by atoms with E-state index in [1.54, 1.807) is 0 Å². The number of halogens is 4. The molecular formula is C18H22Cl4O4. The van der Waals surface area contributed by atoms with Crippen molar-refractivity contribution < 1.29 is 19.1 Å². The van der Waals surface area contributed by atoms with Crippen LogP contribution in [0, 0.1) is 5.92 Å². The Morgan fingerprint density at radius 3 is 2.00 bits per heavy atom. The molecule has 0 radical (unpaired) electrons. The molecule has 0 saturated heterocycles. The third-order valence-electron chi connectivity index (χ3n) is 3.49. The number of carbonyl (C=O) groups excluding carboxylic acids is 2. The summed E-state index contributed by atoms with van der Waals surface area (Å²) < 4.78 is 10.3. The zero-order valence-corrected chi connectivity index (χ0v) is 17.8. The van der Waals surface area contributed by atoms with Crippen molar-refractivity contribution in [3.05, 3.63) is 26.2 Å². The summed E-state index contributed by atoms with van der Waals surface area (Å²) >= 11 is 23.7. The Morgan fingerprint density at radius 2 is 1.46 bits per heavy atom. The Hall–Kier alpha value is -0.680. The minimum atomic E-state index is -0.530. The van der Waals surface area contributed by atoms with Crippen LogP contribution in [0.2, 0.25) is 20.1 Å². The van der Waals surface area contributed by atoms with Gasteiger partial charge in [0.25, 0.3) is 0 Å². The molecule has 0 aromatic heterocycles. The highest BCUT2D eigenvalue weighted by Gasteiger charge is 2.18. The Labute approximate surface area is 174 Å². The van der Waals surface area contributed by atoms with E-state index in [1.807, 2.05) is 0 Å². The molecule has 8 heteroatoms. The second kappa shape index (κ2) is 11.9. The molecule has 0 aliphatic rings. The second-order valence-electron chi connectivity index (χ2n) is 6.24. The molecule has 0 atom stereocenters. The second-order valence-corrected chi connectivity index (χ2v) is 7.81. The van der Waals surface area contributed by atoms with Gasteiger partial charge < -0.3 is 9.47 Å². The molecule has 146 valence electrons. The van der Waals surface area contributed by atoms with Crippen LogP contribution in [0.25, 0.3) is 0 Å². The fourth-order valence-electron chi connectivity index (χ4n) is 2.09. The lowest BCUT2D eigenvalue weighted by Gasteiger charge is -2.10. The first-order valence-electron chi connectivity index (χ1n) is 8.41. The van der Waals surface area contributed by atoms with Crippen molar-refractivity contribution in [2.75, 3.05) is 6.61 Å². The summed E-state index contributed by atoms with van der Waals surface area (Å²) in [5.41, 5.74) is 0. The van der Waals surface area contributed by atoms with Gasteiger partial charge in [0.2, 0.25) is 0 Å². The molecule has 0 unspecified atom stereocenters. The molecule has 1 aromatic carbocycles. The minimum Gasteiger partial charge on any atom is -0.466 e. The quantitative estimate of drug-likeness (QED) is 0.174. The molecular weight excluding hydrogens is 422 g/mol. The van der Waals surface area contributed by atoms with E-state index in [2.05, 4.69) is 13.8 Å². The van der Waals surface area contributed by atoms with Gasteiger partial charge in [-0.2, -0.15) is 0 Å². The predicted molar refractivity (Wildman–Crippen MR) is 106 cm³/mol. The fraction of sp³-hybridized carbons (Fsp3) is 0.556. The van der Waals surface area contributed by atoms with Crippen LogP contribution in [0.3, 0.4) is 0 Å². The molecule has 0 heterocycles. The number of hydrogen-bond donors (Lipinski definition) is 0. The average molecular weight is 444 g/mol. The zero-order chi connectivity index (χ0) is 19.7. The number of unbranched alkanes of at least 4 members (excludes halogenated alkanes) is 1. The normalized spacial score (nSPS) is 10.9. The van der Waals surface area contributed by atoms with Crippen LogP contribution in [0.4, 0.5) is 0 Å². The van der Waals surface area contributed by atoms with Gasteiger partial charge in [0.05, 0.1) is 16.7 Å². The number of hydrogen-bond acceptors (Lipinski definition) is 4. The SMILES string of the molecule is CC(C)CCCOC(=O)CCCCC(=O)Oc1c(Cl)c(Cl)cc(Cl)c1Cl. The van der Waals surface area contributed by atoms with Gasteiger partial charge in [-0.25, -0.2) is 0 Å². The summed E-state index contributed by atoms with van der Waals surface area (Å²) in [6.07, 6.45) is 3.26. The highest BCUT2D eigenvalue weighted by molar-refractivity contribution is 6.48. The van der Waals surface area contributed by atoms with Gasteiger partial charge in [0.15, 0.2) is 5.75 Å². The maximum absolute atomic E-state index is 11.9. The first-order valence-corrected chi connectivity index (χ1v) is 9.92. The first-order chi connectivity index (χ1) is 12.2. The molecule has 26 heavy (non-hydrogen) atoms. The van der Waals surface area contributed by atoms with E-state index in [0.29, 0.717) is 25.4 Å². The van der Waals surface area contributed by atoms with Crippen molar-refractivity contribution in [2.45, 2.75) is 52.4 Å². The van der Waals surface area contributed by atoms with Crippen LogP contribution in [0.1, 0.15) is 52.4 Å². The summed E-state index contributed by atoms with van der Waals surface area (Å²) in [4.78, 5) is 23.5. The average Bonchev–Trinajstić information content (AvgIpc) is 2.57. The Bertz CT molecular complexity index is 606. The molecule has 4 nitrogen and oxygen atoms in total. The largest absolute Gasteiger partial charge is 0.466 e. The van der Waals surface area contributed by atoms with Gasteiger partial charge in [-0.05, 0) is 37.7 Å². The zero-order valence-electron chi connectivity index (χ0n) is 14.7. The lowest BCUT2D eigenvalue weighted by atomic mass is 10.1. The van der Waals surface area contributed by atoms with Crippen LogP contribution in [0.5, 0.6) is 5.75 Å².